The fraction of sp³-hybridized carbons (Fsp3) is 0.556. The zero-order chi connectivity index (χ0) is 29.5. The maximum Gasteiger partial charge on any atom is 0.368 e. The summed E-state index contributed by atoms with van der Waals surface area (Å²) in [6.07, 6.45) is 5.55. The lowest BCUT2D eigenvalue weighted by atomic mass is 9.84. The number of halogens is 1. The number of fused-ring (bicyclic) bond motifs is 1. The number of nitrogens with one attached hydrogen (secondary N) is 2. The number of aliphatic hydroxyl groups excluding tert-OH is 1. The van der Waals surface area contributed by atoms with Crippen LogP contribution >= 0.6 is 0 Å². The highest BCUT2D eigenvalue weighted by atomic mass is 19.1. The highest BCUT2D eigenvalue weighted by Gasteiger charge is 2.43. The molecule has 2 aliphatic heterocycles. The number of hydrogen-bond acceptors (Lipinski definition) is 11. The molecule has 5 rings (SSSR count). The molecule has 2 saturated heterocycles. The van der Waals surface area contributed by atoms with Gasteiger partial charge in [0.2, 0.25) is 5.95 Å². The van der Waals surface area contributed by atoms with Gasteiger partial charge < -0.3 is 20.5 Å². The fourth-order valence-corrected chi connectivity index (χ4v) is 5.75. The Kier molecular flexibility index (Phi) is 7.43. The maximum atomic E-state index is 15.4. The molecule has 4 heterocycles. The Morgan fingerprint density at radius 3 is 2.78 bits per heavy atom. The summed E-state index contributed by atoms with van der Waals surface area (Å²) in [5.74, 6) is -0.302. The minimum atomic E-state index is -1.07. The Bertz CT molecular complexity index is 1540. The molecule has 0 bridgehead atoms. The number of anilines is 3. The SMILES string of the molecule is Cn1nnn(-c2cc(Nc3ncc(C#N)c(NC4CC5CCCN5C(C)(C)C4)n3)c(F)cc2OC(C)(C)CO)c1=O. The van der Waals surface area contributed by atoms with Crippen LogP contribution in [0.15, 0.2) is 23.1 Å². The van der Waals surface area contributed by atoms with Crippen LogP contribution in [-0.4, -0.2) is 76.1 Å². The van der Waals surface area contributed by atoms with Crippen molar-refractivity contribution in [3.63, 3.8) is 0 Å². The Hall–Kier alpha value is -4.09. The molecule has 14 heteroatoms. The Morgan fingerprint density at radius 1 is 1.32 bits per heavy atom. The number of aromatic nitrogens is 6. The van der Waals surface area contributed by atoms with Gasteiger partial charge in [-0.25, -0.2) is 14.2 Å². The molecule has 2 atom stereocenters. The number of nitriles is 1. The Labute approximate surface area is 236 Å². The van der Waals surface area contributed by atoms with Gasteiger partial charge in [-0.1, -0.05) is 0 Å². The van der Waals surface area contributed by atoms with E-state index >= 15 is 4.39 Å². The van der Waals surface area contributed by atoms with Gasteiger partial charge in [0.05, 0.1) is 18.5 Å². The summed E-state index contributed by atoms with van der Waals surface area (Å²) in [4.78, 5) is 24.0. The molecule has 41 heavy (non-hydrogen) atoms. The molecule has 0 aliphatic carbocycles. The standard InChI is InChI=1S/C27H35FN10O3/c1-26(2)12-17(9-18-7-6-8-37(18)26)31-23-16(13-29)14-30-24(33-23)32-20-11-21(38-25(40)36(5)34-35-38)22(10-19(20)28)41-27(3,4)15-39/h10-11,14,17-18,39H,6-9,12,15H2,1-5H3,(H2,30,31,32,33). The molecule has 3 N–H and O–H groups in total. The van der Waals surface area contributed by atoms with Crippen molar-refractivity contribution in [1.82, 2.24) is 34.7 Å². The zero-order valence-corrected chi connectivity index (χ0v) is 23.8. The minimum Gasteiger partial charge on any atom is -0.483 e. The molecular formula is C27H35FN10O3. The number of rotatable bonds is 8. The molecule has 2 aliphatic rings. The molecule has 3 aromatic rings. The predicted octanol–water partition coefficient (Wildman–Crippen LogP) is 2.48. The summed E-state index contributed by atoms with van der Waals surface area (Å²) in [6.45, 7) is 8.48. The molecule has 0 spiro atoms. The Balaban J connectivity index is 1.46. The lowest BCUT2D eigenvalue weighted by Gasteiger charge is -2.47. The smallest absolute Gasteiger partial charge is 0.368 e. The second kappa shape index (κ2) is 10.7. The van der Waals surface area contributed by atoms with E-state index in [2.05, 4.69) is 55.8 Å². The normalized spacial score (nSPS) is 20.3. The number of aliphatic hydroxyl groups is 1. The van der Waals surface area contributed by atoms with Crippen molar-refractivity contribution in [2.45, 2.75) is 76.6 Å². The molecule has 0 radical (unpaired) electrons. The van der Waals surface area contributed by atoms with Crippen LogP contribution in [0.4, 0.5) is 21.8 Å². The number of hydrogen-bond donors (Lipinski definition) is 3. The molecular weight excluding hydrogens is 531 g/mol. The first-order chi connectivity index (χ1) is 19.4. The number of benzene rings is 1. The van der Waals surface area contributed by atoms with Crippen molar-refractivity contribution in [2.24, 2.45) is 7.05 Å². The molecule has 13 nitrogen and oxygen atoms in total. The highest BCUT2D eigenvalue weighted by molar-refractivity contribution is 5.64. The van der Waals surface area contributed by atoms with E-state index in [0.29, 0.717) is 11.9 Å². The number of tetrazole rings is 1. The van der Waals surface area contributed by atoms with Crippen LogP contribution in [0.25, 0.3) is 5.69 Å². The van der Waals surface area contributed by atoms with Crippen LogP contribution in [0, 0.1) is 17.1 Å². The van der Waals surface area contributed by atoms with Crippen molar-refractivity contribution in [3.05, 3.63) is 40.2 Å². The molecule has 2 fully saturated rings. The van der Waals surface area contributed by atoms with E-state index in [-0.39, 0.29) is 46.8 Å². The molecule has 2 unspecified atom stereocenters. The fourth-order valence-electron chi connectivity index (χ4n) is 5.75. The van der Waals surface area contributed by atoms with Gasteiger partial charge in [-0.2, -0.15) is 19.6 Å². The lowest BCUT2D eigenvalue weighted by molar-refractivity contribution is 0.0408. The van der Waals surface area contributed by atoms with Crippen molar-refractivity contribution in [1.29, 1.82) is 5.26 Å². The van der Waals surface area contributed by atoms with Crippen LogP contribution in [-0.2, 0) is 7.05 Å². The molecule has 1 aromatic carbocycles. The molecule has 0 amide bonds. The third-order valence-electron chi connectivity index (χ3n) is 7.72. The number of aryl methyl sites for hydroxylation is 1. The van der Waals surface area contributed by atoms with Crippen molar-refractivity contribution in [3.8, 4) is 17.5 Å². The quantitative estimate of drug-likeness (QED) is 0.368. The van der Waals surface area contributed by atoms with Gasteiger partial charge in [-0.3, -0.25) is 4.90 Å². The third kappa shape index (κ3) is 5.73. The van der Waals surface area contributed by atoms with Crippen LogP contribution in [0.1, 0.15) is 58.9 Å². The van der Waals surface area contributed by atoms with Gasteiger partial charge in [0, 0.05) is 30.7 Å². The van der Waals surface area contributed by atoms with Crippen molar-refractivity contribution in [2.75, 3.05) is 23.8 Å². The highest BCUT2D eigenvalue weighted by Crippen LogP contribution is 2.39. The first-order valence-electron chi connectivity index (χ1n) is 13.6. The van der Waals surface area contributed by atoms with Gasteiger partial charge in [-0.05, 0) is 76.4 Å². The van der Waals surface area contributed by atoms with E-state index < -0.39 is 17.1 Å². The van der Waals surface area contributed by atoms with E-state index in [1.54, 1.807) is 13.8 Å². The van der Waals surface area contributed by atoms with E-state index in [0.717, 1.165) is 41.2 Å². The van der Waals surface area contributed by atoms with Gasteiger partial charge in [-0.15, -0.1) is 0 Å². The van der Waals surface area contributed by atoms with Crippen LogP contribution in [0.3, 0.4) is 0 Å². The maximum absolute atomic E-state index is 15.4. The van der Waals surface area contributed by atoms with Crippen LogP contribution in [0.2, 0.25) is 0 Å². The first kappa shape index (κ1) is 28.4. The largest absolute Gasteiger partial charge is 0.483 e. The van der Waals surface area contributed by atoms with Crippen molar-refractivity contribution < 1.29 is 14.2 Å². The monoisotopic (exact) mass is 566 g/mol. The van der Waals surface area contributed by atoms with Gasteiger partial charge in [0.15, 0.2) is 5.82 Å². The predicted molar refractivity (Wildman–Crippen MR) is 149 cm³/mol. The molecule has 2 aromatic heterocycles. The molecule has 0 saturated carbocycles. The summed E-state index contributed by atoms with van der Waals surface area (Å²) in [6, 6.07) is 5.15. The topological polar surface area (TPSA) is 159 Å². The van der Waals surface area contributed by atoms with E-state index in [1.165, 1.54) is 25.7 Å². The lowest BCUT2D eigenvalue weighted by Crippen LogP contribution is -2.55. The zero-order valence-electron chi connectivity index (χ0n) is 23.8. The van der Waals surface area contributed by atoms with Gasteiger partial charge in [0.1, 0.15) is 34.5 Å². The summed E-state index contributed by atoms with van der Waals surface area (Å²) in [7, 11) is 1.43. The van der Waals surface area contributed by atoms with Crippen LogP contribution < -0.4 is 21.1 Å². The second-order valence-electron chi connectivity index (χ2n) is 11.9. The Morgan fingerprint density at radius 2 is 2.10 bits per heavy atom. The summed E-state index contributed by atoms with van der Waals surface area (Å²) in [5, 5.41) is 33.3. The van der Waals surface area contributed by atoms with Gasteiger partial charge in [0.25, 0.3) is 0 Å². The summed E-state index contributed by atoms with van der Waals surface area (Å²) in [5.41, 5.74) is -1.29. The number of piperidine rings is 1. The van der Waals surface area contributed by atoms with Crippen molar-refractivity contribution >= 4 is 17.5 Å². The van der Waals surface area contributed by atoms with E-state index in [4.69, 9.17) is 4.74 Å². The molecule has 218 valence electrons. The average Bonchev–Trinajstić information content (AvgIpc) is 3.52. The second-order valence-corrected chi connectivity index (χ2v) is 11.9. The number of nitrogens with zero attached hydrogens (tertiary/aromatic N) is 8. The first-order valence-corrected chi connectivity index (χ1v) is 13.6. The van der Waals surface area contributed by atoms with Gasteiger partial charge >= 0.3 is 5.69 Å². The summed E-state index contributed by atoms with van der Waals surface area (Å²) >= 11 is 0. The van der Waals surface area contributed by atoms with E-state index in [1.807, 2.05) is 0 Å². The average molecular weight is 567 g/mol. The third-order valence-corrected chi connectivity index (χ3v) is 7.72. The minimum absolute atomic E-state index is 0.0151. The van der Waals surface area contributed by atoms with Crippen LogP contribution in [0.5, 0.6) is 5.75 Å². The number of ether oxygens (including phenoxy) is 1. The summed E-state index contributed by atoms with van der Waals surface area (Å²) < 4.78 is 23.2. The van der Waals surface area contributed by atoms with E-state index in [9.17, 15) is 15.2 Å².